The minimum absolute atomic E-state index is 0.00984. The van der Waals surface area contributed by atoms with Gasteiger partial charge in [-0.15, -0.1) is 12.3 Å². The smallest absolute Gasteiger partial charge is 0.407 e. The number of amides is 3. The summed E-state index contributed by atoms with van der Waals surface area (Å²) in [6.07, 6.45) is 13.3. The van der Waals surface area contributed by atoms with Gasteiger partial charge in [0.1, 0.15) is 12.6 Å². The fourth-order valence-corrected chi connectivity index (χ4v) is 6.75. The second-order valence-corrected chi connectivity index (χ2v) is 15.7. The number of carbonyl (C=O) groups excluding carboxylic acids is 5. The second-order valence-electron chi connectivity index (χ2n) is 15.7. The number of fused-ring (bicyclic) bond motifs is 1. The van der Waals surface area contributed by atoms with Gasteiger partial charge in [-0.3, -0.25) is 19.2 Å². The summed E-state index contributed by atoms with van der Waals surface area (Å²) in [5, 5.41) is 11.9. The van der Waals surface area contributed by atoms with Crippen molar-refractivity contribution in [2.24, 2.45) is 28.6 Å². The van der Waals surface area contributed by atoms with Gasteiger partial charge in [-0.2, -0.15) is 0 Å². The summed E-state index contributed by atoms with van der Waals surface area (Å²) in [4.78, 5) is 62.4. The van der Waals surface area contributed by atoms with E-state index in [9.17, 15) is 24.0 Å². The molecule has 0 radical (unpaired) electrons. The van der Waals surface area contributed by atoms with Crippen LogP contribution in [0.5, 0.6) is 0 Å². The van der Waals surface area contributed by atoms with E-state index in [1.165, 1.54) is 12.8 Å². The van der Waals surface area contributed by atoms with Gasteiger partial charge in [0.25, 0.3) is 5.91 Å². The van der Waals surface area contributed by atoms with Crippen LogP contribution in [-0.2, 0) is 23.9 Å². The van der Waals surface area contributed by atoms with Gasteiger partial charge in [0.2, 0.25) is 11.7 Å². The number of nitrogens with zero attached hydrogens (tertiary/aromatic N) is 1. The summed E-state index contributed by atoms with van der Waals surface area (Å²) in [5.41, 5.74) is -0.440. The molecule has 290 valence electrons. The number of carbonyl (C=O) groups is 5. The summed E-state index contributed by atoms with van der Waals surface area (Å²) in [7, 11) is 0. The Balaban J connectivity index is 0.000000681. The van der Waals surface area contributed by atoms with Gasteiger partial charge in [0, 0.05) is 32.0 Å². The summed E-state index contributed by atoms with van der Waals surface area (Å²) in [6.45, 7) is 25.6. The van der Waals surface area contributed by atoms with Crippen LogP contribution < -0.4 is 21.3 Å². The normalized spacial score (nSPS) is 21.6. The SMILES string of the molecule is C#CCCC(C)C(=O)C(=O)NCC.C=C(NC(COC(=O)NCC)C(C)(C)C)NC(C(=O)N1C[C@@H]2C[C@@H]2C1C(C)=O)C1(C)CCCCC1.CCC. The van der Waals surface area contributed by atoms with Crippen LogP contribution in [0.3, 0.4) is 0 Å². The van der Waals surface area contributed by atoms with Crippen molar-refractivity contribution >= 4 is 29.5 Å². The van der Waals surface area contributed by atoms with E-state index in [0.717, 1.165) is 32.1 Å². The lowest BCUT2D eigenvalue weighted by Gasteiger charge is -2.44. The molecule has 11 heteroatoms. The number of hydrogen-bond donors (Lipinski definition) is 4. The highest BCUT2D eigenvalue weighted by Crippen LogP contribution is 2.51. The number of terminal acetylenes is 1. The standard InChI is InChI=1S/C27H46N4O4.C10H15NO2.C3H8/c1-8-28-25(34)35-16-21(26(4,5)6)29-18(3)30-23(27(7)12-10-9-11-13-27)24(33)31-15-19-14-20(19)22(31)17(2)32;1-4-6-7-8(3)9(12)10(13)11-5-2;1-3-2/h19-23,29-30H,3,8-16H2,1-2,4-7H3,(H,28,34);1,8H,5-7H2,2-3H3,(H,11,13);3H2,1-2H3/t19-,20-,21?,22?,23?;;/m0../s1. The monoisotopic (exact) mass is 716 g/mol. The number of ether oxygens (including phenoxy) is 1. The first-order chi connectivity index (χ1) is 23.9. The van der Waals surface area contributed by atoms with Crippen LogP contribution in [0.1, 0.15) is 127 Å². The predicted molar refractivity (Wildman–Crippen MR) is 203 cm³/mol. The first-order valence-corrected chi connectivity index (χ1v) is 19.1. The summed E-state index contributed by atoms with van der Waals surface area (Å²) in [6, 6.07) is -0.963. The van der Waals surface area contributed by atoms with Gasteiger partial charge in [0.05, 0.1) is 17.9 Å². The van der Waals surface area contributed by atoms with Crippen LogP contribution in [0.4, 0.5) is 4.79 Å². The molecule has 0 aromatic carbocycles. The number of hydrogen-bond acceptors (Lipinski definition) is 8. The maximum absolute atomic E-state index is 14.0. The van der Waals surface area contributed by atoms with Crippen molar-refractivity contribution in [3.8, 4) is 12.3 Å². The Bertz CT molecular complexity index is 1210. The summed E-state index contributed by atoms with van der Waals surface area (Å²) < 4.78 is 5.40. The molecular weight excluding hydrogens is 646 g/mol. The molecule has 4 unspecified atom stereocenters. The highest BCUT2D eigenvalue weighted by atomic mass is 16.5. The van der Waals surface area contributed by atoms with Crippen LogP contribution in [0.15, 0.2) is 12.4 Å². The van der Waals surface area contributed by atoms with Gasteiger partial charge in [-0.25, -0.2) is 4.79 Å². The minimum atomic E-state index is -0.507. The number of likely N-dealkylation sites (tertiary alicyclic amines) is 1. The van der Waals surface area contributed by atoms with E-state index in [1.807, 2.05) is 11.8 Å². The van der Waals surface area contributed by atoms with Crippen molar-refractivity contribution in [1.29, 1.82) is 0 Å². The Hall–Kier alpha value is -3.55. The third-order valence-corrected chi connectivity index (χ3v) is 9.93. The molecule has 6 atom stereocenters. The quantitative estimate of drug-likeness (QED) is 0.124. The molecule has 2 saturated carbocycles. The average molecular weight is 716 g/mol. The zero-order chi connectivity index (χ0) is 38.9. The lowest BCUT2D eigenvalue weighted by Crippen LogP contribution is -2.59. The molecule has 4 N–H and O–H groups in total. The third-order valence-electron chi connectivity index (χ3n) is 9.93. The van der Waals surface area contributed by atoms with E-state index < -0.39 is 18.0 Å². The van der Waals surface area contributed by atoms with Gasteiger partial charge >= 0.3 is 6.09 Å². The fourth-order valence-electron chi connectivity index (χ4n) is 6.75. The van der Waals surface area contributed by atoms with Crippen molar-refractivity contribution in [2.75, 3.05) is 26.2 Å². The molecule has 0 aromatic heterocycles. The van der Waals surface area contributed by atoms with E-state index in [0.29, 0.717) is 50.1 Å². The molecule has 1 heterocycles. The summed E-state index contributed by atoms with van der Waals surface area (Å²) in [5.74, 6) is 2.71. The zero-order valence-corrected chi connectivity index (χ0v) is 33.3. The Morgan fingerprint density at radius 1 is 1.00 bits per heavy atom. The lowest BCUT2D eigenvalue weighted by atomic mass is 9.70. The number of Topliss-reactive ketones (excluding diaryl/α,β-unsaturated/α-hetero) is 2. The van der Waals surface area contributed by atoms with E-state index in [1.54, 1.807) is 20.8 Å². The third kappa shape index (κ3) is 14.5. The van der Waals surface area contributed by atoms with Crippen LogP contribution in [0.25, 0.3) is 0 Å². The number of likely N-dealkylation sites (N-methyl/N-ethyl adjacent to an activating group) is 1. The Morgan fingerprint density at radius 3 is 2.10 bits per heavy atom. The molecule has 0 bridgehead atoms. The zero-order valence-electron chi connectivity index (χ0n) is 33.3. The van der Waals surface area contributed by atoms with Gasteiger partial charge in [-0.1, -0.05) is 80.7 Å². The number of ketones is 2. The molecule has 0 spiro atoms. The maximum Gasteiger partial charge on any atom is 0.407 e. The fraction of sp³-hybridized carbons (Fsp3) is 0.775. The number of rotatable bonds is 15. The maximum atomic E-state index is 14.0. The molecule has 2 aliphatic carbocycles. The lowest BCUT2D eigenvalue weighted by molar-refractivity contribution is -0.143. The molecule has 3 aliphatic rings. The molecule has 0 aromatic rings. The van der Waals surface area contributed by atoms with E-state index >= 15 is 0 Å². The van der Waals surface area contributed by atoms with Crippen molar-refractivity contribution < 1.29 is 28.7 Å². The Morgan fingerprint density at radius 2 is 1.59 bits per heavy atom. The highest BCUT2D eigenvalue weighted by Gasteiger charge is 2.57. The number of piperidine rings is 1. The van der Waals surface area contributed by atoms with Crippen molar-refractivity contribution in [2.45, 2.75) is 145 Å². The molecule has 3 rings (SSSR count). The molecular formula is C40H69N5O6. The predicted octanol–water partition coefficient (Wildman–Crippen LogP) is 5.73. The van der Waals surface area contributed by atoms with E-state index in [4.69, 9.17) is 11.2 Å². The van der Waals surface area contributed by atoms with Gasteiger partial charge < -0.3 is 30.9 Å². The van der Waals surface area contributed by atoms with Crippen molar-refractivity contribution in [3.05, 3.63) is 12.4 Å². The molecule has 3 fully saturated rings. The molecule has 1 aliphatic heterocycles. The Labute approximate surface area is 308 Å². The first kappa shape index (κ1) is 45.5. The first-order valence-electron chi connectivity index (χ1n) is 19.1. The van der Waals surface area contributed by atoms with Crippen LogP contribution in [0, 0.1) is 40.9 Å². The van der Waals surface area contributed by atoms with E-state index in [2.05, 4.69) is 75.3 Å². The topological polar surface area (TPSA) is 146 Å². The highest BCUT2D eigenvalue weighted by molar-refractivity contribution is 6.36. The second kappa shape index (κ2) is 21.7. The average Bonchev–Trinajstić information content (AvgIpc) is 3.72. The molecule has 11 nitrogen and oxygen atoms in total. The minimum Gasteiger partial charge on any atom is -0.447 e. The number of nitrogens with one attached hydrogen (secondary N) is 4. The number of alkyl carbamates (subject to hydrolysis) is 1. The van der Waals surface area contributed by atoms with E-state index in [-0.39, 0.29) is 52.9 Å². The van der Waals surface area contributed by atoms with Crippen LogP contribution in [-0.4, -0.2) is 78.7 Å². The summed E-state index contributed by atoms with van der Waals surface area (Å²) >= 11 is 0. The van der Waals surface area contributed by atoms with Gasteiger partial charge in [0.15, 0.2) is 5.78 Å². The Kier molecular flexibility index (Phi) is 19.4. The van der Waals surface area contributed by atoms with Crippen LogP contribution >= 0.6 is 0 Å². The van der Waals surface area contributed by atoms with Crippen molar-refractivity contribution in [3.63, 3.8) is 0 Å². The van der Waals surface area contributed by atoms with Crippen LogP contribution in [0.2, 0.25) is 0 Å². The van der Waals surface area contributed by atoms with Gasteiger partial charge in [-0.05, 0) is 69.1 Å². The molecule has 1 saturated heterocycles. The molecule has 51 heavy (non-hydrogen) atoms. The largest absolute Gasteiger partial charge is 0.447 e. The molecule has 3 amide bonds. The van der Waals surface area contributed by atoms with Crippen molar-refractivity contribution in [1.82, 2.24) is 26.2 Å².